The molecule has 0 amide bonds. The highest BCUT2D eigenvalue weighted by Gasteiger charge is 2.47. The monoisotopic (exact) mass is 142 g/mol. The minimum atomic E-state index is -3.54. The van der Waals surface area contributed by atoms with Crippen LogP contribution in [-0.4, -0.2) is 23.4 Å². The van der Waals surface area contributed by atoms with E-state index < -0.39 is 31.6 Å². The predicted octanol–water partition coefficient (Wildman–Crippen LogP) is 0.749. The molecule has 0 aromatic rings. The van der Waals surface area contributed by atoms with Crippen molar-refractivity contribution in [2.75, 3.05) is 0 Å². The summed E-state index contributed by atoms with van der Waals surface area (Å²) >= 11 is 0. The van der Waals surface area contributed by atoms with Crippen LogP contribution in [0, 0.1) is 0 Å². The fourth-order valence-corrected chi connectivity index (χ4v) is 0.626. The summed E-state index contributed by atoms with van der Waals surface area (Å²) in [6, 6.07) is 0. The molecule has 1 unspecified atom stereocenters. The van der Waals surface area contributed by atoms with Gasteiger partial charge in [-0.05, 0) is 6.90 Å². The smallest absolute Gasteiger partial charge is 0.300 e. The van der Waals surface area contributed by atoms with Crippen molar-refractivity contribution in [3.05, 3.63) is 0 Å². The van der Waals surface area contributed by atoms with Gasteiger partial charge in [0, 0.05) is 9.14 Å². The van der Waals surface area contributed by atoms with Crippen molar-refractivity contribution in [2.24, 2.45) is 0 Å². The quantitative estimate of drug-likeness (QED) is 0.540. The van der Waals surface area contributed by atoms with Crippen molar-refractivity contribution >= 4 is 0 Å². The Kier molecular flexibility index (Phi) is 0.957. The lowest BCUT2D eigenvalue weighted by Gasteiger charge is -2.09. The van der Waals surface area contributed by atoms with Gasteiger partial charge in [0.2, 0.25) is 6.29 Å². The van der Waals surface area contributed by atoms with Crippen LogP contribution in [0.15, 0.2) is 0 Å². The zero-order chi connectivity index (χ0) is 8.65. The first-order valence-corrected chi connectivity index (χ1v) is 2.43. The molecule has 0 aromatic carbocycles. The number of aliphatic hydroxyl groups is 1. The average Bonchev–Trinajstić information content (AvgIpc) is 2.14. The second kappa shape index (κ2) is 1.88. The Morgan fingerprint density at radius 1 is 2.00 bits per heavy atom. The number of aliphatic hydroxyl groups excluding tert-OH is 1. The van der Waals surface area contributed by atoms with Crippen molar-refractivity contribution in [1.82, 2.24) is 0 Å². The lowest BCUT2D eigenvalue weighted by molar-refractivity contribution is -0.185. The van der Waals surface area contributed by atoms with Crippen LogP contribution in [-0.2, 0) is 4.74 Å². The van der Waals surface area contributed by atoms with Crippen molar-refractivity contribution in [3.8, 4) is 0 Å². The summed E-state index contributed by atoms with van der Waals surface area (Å²) in [5.74, 6) is -3.54. The highest BCUT2D eigenvalue weighted by Crippen LogP contribution is 2.33. The molecule has 4 heteroatoms. The van der Waals surface area contributed by atoms with Gasteiger partial charge in [-0.3, -0.25) is 0 Å². The van der Waals surface area contributed by atoms with E-state index in [-0.39, 0.29) is 0 Å². The van der Waals surface area contributed by atoms with Gasteiger partial charge in [0.1, 0.15) is 0 Å². The highest BCUT2D eigenvalue weighted by molar-refractivity contribution is 4.80. The Morgan fingerprint density at radius 3 is 2.89 bits per heavy atom. The molecule has 3 atom stereocenters. The molecule has 0 radical (unpaired) electrons. The normalized spacial score (nSPS) is 52.6. The van der Waals surface area contributed by atoms with Crippen molar-refractivity contribution in [2.45, 2.75) is 31.6 Å². The SMILES string of the molecule is [3H]C[C@H]1OC(O)C(F)(F)[C@@H]1[3H]. The van der Waals surface area contributed by atoms with E-state index in [1.165, 1.54) is 0 Å². The third kappa shape index (κ3) is 1.19. The number of alkyl halides is 2. The number of ether oxygens (including phenoxy) is 1. The minimum absolute atomic E-state index is 0.430. The Balaban J connectivity index is 2.71. The zero-order valence-corrected chi connectivity index (χ0v) is 4.55. The van der Waals surface area contributed by atoms with Gasteiger partial charge in [-0.1, -0.05) is 0 Å². The van der Waals surface area contributed by atoms with Crippen LogP contribution in [0.2, 0.25) is 0 Å². The van der Waals surface area contributed by atoms with Gasteiger partial charge in [0.15, 0.2) is 0 Å². The maximum absolute atomic E-state index is 12.5. The molecular weight excluding hydrogens is 130 g/mol. The van der Waals surface area contributed by atoms with E-state index >= 15 is 0 Å². The van der Waals surface area contributed by atoms with Gasteiger partial charge in [-0.15, -0.1) is 0 Å². The Labute approximate surface area is 54.2 Å². The summed E-state index contributed by atoms with van der Waals surface area (Å²) in [6.45, 7) is -0.430. The first-order valence-electron chi connectivity index (χ1n) is 3.71. The van der Waals surface area contributed by atoms with Crippen LogP contribution >= 0.6 is 0 Å². The molecule has 54 valence electrons. The summed E-state index contributed by atoms with van der Waals surface area (Å²) < 4.78 is 42.9. The third-order valence-electron chi connectivity index (χ3n) is 1.04. The van der Waals surface area contributed by atoms with Crippen LogP contribution < -0.4 is 0 Å². The molecule has 1 aliphatic rings. The maximum atomic E-state index is 12.5. The number of hydrogen-bond donors (Lipinski definition) is 1. The van der Waals surface area contributed by atoms with Gasteiger partial charge in [0.05, 0.1) is 6.10 Å². The van der Waals surface area contributed by atoms with Crippen LogP contribution in [0.25, 0.3) is 0 Å². The van der Waals surface area contributed by atoms with Crippen molar-refractivity contribution in [1.29, 1.82) is 0 Å². The molecular formula is C5H8F2O2. The average molecular weight is 142 g/mol. The third-order valence-corrected chi connectivity index (χ3v) is 1.04. The summed E-state index contributed by atoms with van der Waals surface area (Å²) in [5, 5.41) is 8.55. The first kappa shape index (κ1) is 4.57. The lowest BCUT2D eigenvalue weighted by atomic mass is 10.2. The van der Waals surface area contributed by atoms with E-state index in [1.54, 1.807) is 0 Å². The molecule has 1 aliphatic heterocycles. The summed E-state index contributed by atoms with van der Waals surface area (Å²) in [6.07, 6.45) is -5.23. The lowest BCUT2D eigenvalue weighted by Crippen LogP contribution is -2.27. The Bertz CT molecular complexity index is 155. The molecule has 1 fully saturated rings. The highest BCUT2D eigenvalue weighted by atomic mass is 19.3. The molecule has 2 nitrogen and oxygen atoms in total. The topological polar surface area (TPSA) is 29.5 Å². The summed E-state index contributed by atoms with van der Waals surface area (Å²) in [5.41, 5.74) is 0. The van der Waals surface area contributed by atoms with E-state index in [2.05, 4.69) is 4.74 Å². The predicted molar refractivity (Wildman–Crippen MR) is 26.1 cm³/mol. The molecule has 0 aromatic heterocycles. The second-order valence-electron chi connectivity index (χ2n) is 1.87. The van der Waals surface area contributed by atoms with Gasteiger partial charge in [-0.25, -0.2) is 8.78 Å². The minimum Gasteiger partial charge on any atom is -0.363 e. The summed E-state index contributed by atoms with van der Waals surface area (Å²) in [4.78, 5) is 0. The summed E-state index contributed by atoms with van der Waals surface area (Å²) in [7, 11) is 0. The Morgan fingerprint density at radius 2 is 2.67 bits per heavy atom. The van der Waals surface area contributed by atoms with E-state index in [1.807, 2.05) is 0 Å². The standard InChI is InChI=1S/C5H8F2O2/c1-3-2-5(6,7)4(8)9-3/h3-4,8H,2H2,1H3/t3-,4?/m1/s1/i1T,2T/t2-,3-,4?. The molecule has 1 N–H and O–H groups in total. The van der Waals surface area contributed by atoms with Crippen LogP contribution in [0.1, 0.15) is 16.0 Å². The van der Waals surface area contributed by atoms with Gasteiger partial charge < -0.3 is 9.84 Å². The number of hydrogen-bond acceptors (Lipinski definition) is 2. The van der Waals surface area contributed by atoms with E-state index in [4.69, 9.17) is 7.85 Å². The molecule has 9 heavy (non-hydrogen) atoms. The first-order chi connectivity index (χ1) is 5.00. The molecule has 0 bridgehead atoms. The van der Waals surface area contributed by atoms with Crippen LogP contribution in [0.5, 0.6) is 0 Å². The van der Waals surface area contributed by atoms with Gasteiger partial charge in [-0.2, -0.15) is 0 Å². The maximum Gasteiger partial charge on any atom is 0.300 e. The zero-order valence-electron chi connectivity index (χ0n) is 6.55. The second-order valence-corrected chi connectivity index (χ2v) is 1.87. The van der Waals surface area contributed by atoms with Crippen LogP contribution in [0.4, 0.5) is 8.78 Å². The molecule has 0 spiro atoms. The van der Waals surface area contributed by atoms with Crippen LogP contribution in [0.3, 0.4) is 0 Å². The fraction of sp³-hybridized carbons (Fsp3) is 1.00. The Hall–Kier alpha value is -0.220. The van der Waals surface area contributed by atoms with Gasteiger partial charge >= 0.3 is 0 Å². The van der Waals surface area contributed by atoms with Crippen molar-refractivity contribution in [3.63, 3.8) is 0 Å². The van der Waals surface area contributed by atoms with E-state index in [0.29, 0.717) is 0 Å². The molecule has 0 aliphatic carbocycles. The largest absolute Gasteiger partial charge is 0.363 e. The number of halogens is 2. The fourth-order valence-electron chi connectivity index (χ4n) is 0.626. The van der Waals surface area contributed by atoms with E-state index in [9.17, 15) is 8.78 Å². The molecule has 0 saturated carbocycles. The molecule has 1 saturated heterocycles. The van der Waals surface area contributed by atoms with E-state index in [0.717, 1.165) is 0 Å². The van der Waals surface area contributed by atoms with Crippen molar-refractivity contribution < 1.29 is 21.4 Å². The molecule has 1 rings (SSSR count). The molecule has 1 heterocycles. The van der Waals surface area contributed by atoms with Gasteiger partial charge in [0.25, 0.3) is 5.92 Å². The number of rotatable bonds is 0.